The van der Waals surface area contributed by atoms with Crippen LogP contribution in [0.2, 0.25) is 0 Å². The Labute approximate surface area is 161 Å². The molecule has 2 unspecified atom stereocenters. The van der Waals surface area contributed by atoms with E-state index >= 15 is 0 Å². The number of carbonyl (C=O) groups excluding carboxylic acids is 1. The fraction of sp³-hybridized carbons (Fsp3) is 0.619. The van der Waals surface area contributed by atoms with Gasteiger partial charge in [0.05, 0.1) is 6.04 Å². The number of benzene rings is 1. The molecule has 1 aromatic carbocycles. The number of anilines is 1. The molecule has 2 atom stereocenters. The first-order chi connectivity index (χ1) is 13.0. The molecule has 27 heavy (non-hydrogen) atoms. The summed E-state index contributed by atoms with van der Waals surface area (Å²) in [6, 6.07) is 10.2. The largest absolute Gasteiger partial charge is 0.481 e. The number of piperidine rings is 1. The van der Waals surface area contributed by atoms with Gasteiger partial charge in [0.25, 0.3) is 0 Å². The number of carboxylic acids is 1. The summed E-state index contributed by atoms with van der Waals surface area (Å²) in [4.78, 5) is 30.4. The number of likely N-dealkylation sites (tertiary alicyclic amines) is 1. The Kier molecular flexibility index (Phi) is 6.72. The van der Waals surface area contributed by atoms with Crippen LogP contribution < -0.4 is 4.90 Å². The summed E-state index contributed by atoms with van der Waals surface area (Å²) < 4.78 is 0. The van der Waals surface area contributed by atoms with Crippen LogP contribution in [0.15, 0.2) is 30.3 Å². The van der Waals surface area contributed by atoms with E-state index in [1.807, 2.05) is 30.0 Å². The summed E-state index contributed by atoms with van der Waals surface area (Å²) in [5.41, 5.74) is 1.22. The molecular formula is C21H31N3O3. The summed E-state index contributed by atoms with van der Waals surface area (Å²) in [7, 11) is 0. The van der Waals surface area contributed by atoms with Crippen molar-refractivity contribution in [2.45, 2.75) is 38.6 Å². The normalized spacial score (nSPS) is 22.5. The second kappa shape index (κ2) is 9.22. The molecule has 148 valence electrons. The standard InChI is InChI=1S/C21H31N3O3/c1-17(24-11-5-6-18(16-24)9-10-20(25)26)21(27)23-14-12-22(13-15-23)19-7-3-2-4-8-19/h2-4,7-8,17-18H,5-6,9-16H2,1H3,(H,25,26). The van der Waals surface area contributed by atoms with Crippen LogP contribution in [0, 0.1) is 5.92 Å². The Bertz CT molecular complexity index is 629. The number of carboxylic acid groups (broad SMARTS) is 1. The fourth-order valence-corrected chi connectivity index (χ4v) is 4.26. The molecule has 2 fully saturated rings. The second-order valence-electron chi connectivity index (χ2n) is 7.76. The van der Waals surface area contributed by atoms with Crippen molar-refractivity contribution in [2.75, 3.05) is 44.2 Å². The summed E-state index contributed by atoms with van der Waals surface area (Å²) in [6.45, 7) is 7.02. The average Bonchev–Trinajstić information content (AvgIpc) is 2.72. The van der Waals surface area contributed by atoms with Crippen molar-refractivity contribution in [3.8, 4) is 0 Å². The van der Waals surface area contributed by atoms with E-state index < -0.39 is 5.97 Å². The number of hydrogen-bond donors (Lipinski definition) is 1. The number of nitrogens with zero attached hydrogens (tertiary/aromatic N) is 3. The molecule has 1 amide bonds. The van der Waals surface area contributed by atoms with Crippen molar-refractivity contribution < 1.29 is 14.7 Å². The van der Waals surface area contributed by atoms with Crippen molar-refractivity contribution in [3.63, 3.8) is 0 Å². The molecule has 1 N–H and O–H groups in total. The molecule has 6 heteroatoms. The topological polar surface area (TPSA) is 64.1 Å². The number of para-hydroxylation sites is 1. The van der Waals surface area contributed by atoms with E-state index in [2.05, 4.69) is 21.9 Å². The Balaban J connectivity index is 1.49. The molecule has 0 aliphatic carbocycles. The van der Waals surface area contributed by atoms with Crippen LogP contribution in [0.25, 0.3) is 0 Å². The van der Waals surface area contributed by atoms with E-state index in [9.17, 15) is 9.59 Å². The molecule has 0 spiro atoms. The molecule has 3 rings (SSSR count). The van der Waals surface area contributed by atoms with Gasteiger partial charge in [0.15, 0.2) is 0 Å². The van der Waals surface area contributed by atoms with Crippen LogP contribution in [0.3, 0.4) is 0 Å². The van der Waals surface area contributed by atoms with Gasteiger partial charge in [0.2, 0.25) is 5.91 Å². The molecule has 2 aliphatic rings. The van der Waals surface area contributed by atoms with Gasteiger partial charge < -0.3 is 14.9 Å². The van der Waals surface area contributed by atoms with Crippen molar-refractivity contribution in [3.05, 3.63) is 30.3 Å². The van der Waals surface area contributed by atoms with E-state index in [1.165, 1.54) is 5.69 Å². The molecular weight excluding hydrogens is 342 g/mol. The first-order valence-corrected chi connectivity index (χ1v) is 10.1. The molecule has 1 aromatic rings. The highest BCUT2D eigenvalue weighted by molar-refractivity contribution is 5.81. The van der Waals surface area contributed by atoms with Crippen LogP contribution in [0.1, 0.15) is 32.6 Å². The molecule has 2 aliphatic heterocycles. The summed E-state index contributed by atoms with van der Waals surface area (Å²) in [6.07, 6.45) is 3.05. The maximum atomic E-state index is 13.0. The van der Waals surface area contributed by atoms with E-state index in [1.54, 1.807) is 0 Å². The lowest BCUT2D eigenvalue weighted by atomic mass is 9.92. The minimum Gasteiger partial charge on any atom is -0.481 e. The Morgan fingerprint density at radius 1 is 1.11 bits per heavy atom. The molecule has 6 nitrogen and oxygen atoms in total. The summed E-state index contributed by atoms with van der Waals surface area (Å²) in [5.74, 6) is -0.130. The summed E-state index contributed by atoms with van der Waals surface area (Å²) in [5, 5.41) is 8.90. The van der Waals surface area contributed by atoms with Crippen molar-refractivity contribution in [1.29, 1.82) is 0 Å². The fourth-order valence-electron chi connectivity index (χ4n) is 4.26. The SMILES string of the molecule is CC(C(=O)N1CCN(c2ccccc2)CC1)N1CCCC(CCC(=O)O)C1. The molecule has 2 heterocycles. The third kappa shape index (κ3) is 5.22. The van der Waals surface area contributed by atoms with Crippen LogP contribution in [0.4, 0.5) is 5.69 Å². The number of hydrogen-bond acceptors (Lipinski definition) is 4. The first-order valence-electron chi connectivity index (χ1n) is 10.1. The van der Waals surface area contributed by atoms with Gasteiger partial charge in [-0.1, -0.05) is 18.2 Å². The molecule has 0 saturated carbocycles. The Hall–Kier alpha value is -2.08. The van der Waals surface area contributed by atoms with Crippen molar-refractivity contribution >= 4 is 17.6 Å². The van der Waals surface area contributed by atoms with Crippen LogP contribution in [-0.2, 0) is 9.59 Å². The van der Waals surface area contributed by atoms with Crippen molar-refractivity contribution in [1.82, 2.24) is 9.80 Å². The lowest BCUT2D eigenvalue weighted by Gasteiger charge is -2.41. The lowest BCUT2D eigenvalue weighted by molar-refractivity contribution is -0.139. The maximum Gasteiger partial charge on any atom is 0.303 e. The lowest BCUT2D eigenvalue weighted by Crippen LogP contribution is -2.55. The van der Waals surface area contributed by atoms with Gasteiger partial charge in [-0.3, -0.25) is 14.5 Å². The van der Waals surface area contributed by atoms with Gasteiger partial charge >= 0.3 is 5.97 Å². The third-order valence-corrected chi connectivity index (χ3v) is 5.93. The number of piperazine rings is 1. The Morgan fingerprint density at radius 2 is 1.81 bits per heavy atom. The van der Waals surface area contributed by atoms with Gasteiger partial charge in [-0.15, -0.1) is 0 Å². The minimum absolute atomic E-state index is 0.124. The molecule has 2 saturated heterocycles. The zero-order chi connectivity index (χ0) is 19.2. The molecule has 0 radical (unpaired) electrons. The van der Waals surface area contributed by atoms with E-state index in [0.29, 0.717) is 12.3 Å². The van der Waals surface area contributed by atoms with Crippen LogP contribution in [0.5, 0.6) is 0 Å². The van der Waals surface area contributed by atoms with Gasteiger partial charge in [-0.2, -0.15) is 0 Å². The van der Waals surface area contributed by atoms with E-state index in [4.69, 9.17) is 5.11 Å². The van der Waals surface area contributed by atoms with Gasteiger partial charge in [0, 0.05) is 44.8 Å². The second-order valence-corrected chi connectivity index (χ2v) is 7.76. The number of amides is 1. The highest BCUT2D eigenvalue weighted by Gasteiger charge is 2.31. The van der Waals surface area contributed by atoms with Gasteiger partial charge in [0.1, 0.15) is 0 Å². The zero-order valence-corrected chi connectivity index (χ0v) is 16.2. The van der Waals surface area contributed by atoms with Crippen LogP contribution >= 0.6 is 0 Å². The van der Waals surface area contributed by atoms with Crippen molar-refractivity contribution in [2.24, 2.45) is 5.92 Å². The highest BCUT2D eigenvalue weighted by Crippen LogP contribution is 2.23. The van der Waals surface area contributed by atoms with Gasteiger partial charge in [-0.05, 0) is 50.8 Å². The number of aliphatic carboxylic acids is 1. The third-order valence-electron chi connectivity index (χ3n) is 5.93. The van der Waals surface area contributed by atoms with Gasteiger partial charge in [-0.25, -0.2) is 0 Å². The minimum atomic E-state index is -0.729. The number of carbonyl (C=O) groups is 2. The van der Waals surface area contributed by atoms with Crippen LogP contribution in [-0.4, -0.2) is 72.1 Å². The average molecular weight is 373 g/mol. The molecule has 0 bridgehead atoms. The Morgan fingerprint density at radius 3 is 2.48 bits per heavy atom. The van der Waals surface area contributed by atoms with E-state index in [0.717, 1.165) is 52.1 Å². The number of rotatable bonds is 6. The first kappa shape index (κ1) is 19.7. The predicted octanol–water partition coefficient (Wildman–Crippen LogP) is 2.30. The predicted molar refractivity (Wildman–Crippen MR) is 106 cm³/mol. The maximum absolute atomic E-state index is 13.0. The van der Waals surface area contributed by atoms with E-state index in [-0.39, 0.29) is 18.4 Å². The smallest absolute Gasteiger partial charge is 0.303 e. The summed E-state index contributed by atoms with van der Waals surface area (Å²) >= 11 is 0. The quantitative estimate of drug-likeness (QED) is 0.829. The zero-order valence-electron chi connectivity index (χ0n) is 16.2. The molecule has 0 aromatic heterocycles. The monoisotopic (exact) mass is 373 g/mol. The highest BCUT2D eigenvalue weighted by atomic mass is 16.4.